The normalized spacial score (nSPS) is 11.2. The first-order valence-corrected chi connectivity index (χ1v) is 8.55. The summed E-state index contributed by atoms with van der Waals surface area (Å²) >= 11 is 0. The number of anilines is 3. The standard InChI is InChI=1S/C16H15N5O2S/c17-12-3-1-11(2-4-12)15-9-10-19-16(21-15)20-13-5-7-14(8-6-13)24(18,22)23/h1-10H,17H2,(H2,18,22,23)(H,19,20,21). The van der Waals surface area contributed by atoms with Crippen LogP contribution in [0.3, 0.4) is 0 Å². The van der Waals surface area contributed by atoms with E-state index in [9.17, 15) is 8.42 Å². The van der Waals surface area contributed by atoms with Crippen molar-refractivity contribution in [3.05, 3.63) is 60.8 Å². The molecular formula is C16H15N5O2S. The van der Waals surface area contributed by atoms with E-state index < -0.39 is 10.0 Å². The van der Waals surface area contributed by atoms with E-state index in [1.807, 2.05) is 12.1 Å². The summed E-state index contributed by atoms with van der Waals surface area (Å²) < 4.78 is 22.5. The maximum Gasteiger partial charge on any atom is 0.238 e. The third-order valence-corrected chi connectivity index (χ3v) is 4.23. The summed E-state index contributed by atoms with van der Waals surface area (Å²) in [4.78, 5) is 8.64. The number of nitrogens with two attached hydrogens (primary N) is 2. The van der Waals surface area contributed by atoms with E-state index in [1.165, 1.54) is 12.1 Å². The largest absolute Gasteiger partial charge is 0.399 e. The van der Waals surface area contributed by atoms with Crippen molar-refractivity contribution in [1.82, 2.24) is 9.97 Å². The van der Waals surface area contributed by atoms with Crippen molar-refractivity contribution in [2.75, 3.05) is 11.1 Å². The number of nitrogens with one attached hydrogen (secondary N) is 1. The van der Waals surface area contributed by atoms with Crippen LogP contribution in [0.2, 0.25) is 0 Å². The Bertz CT molecular complexity index is 955. The van der Waals surface area contributed by atoms with Crippen molar-refractivity contribution in [2.45, 2.75) is 4.90 Å². The first-order chi connectivity index (χ1) is 11.4. The van der Waals surface area contributed by atoms with Crippen molar-refractivity contribution in [3.8, 4) is 11.3 Å². The molecule has 3 aromatic rings. The van der Waals surface area contributed by atoms with E-state index >= 15 is 0 Å². The molecule has 24 heavy (non-hydrogen) atoms. The molecule has 0 unspecified atom stereocenters. The molecule has 1 aromatic heterocycles. The molecule has 0 aliphatic rings. The molecule has 0 aliphatic heterocycles. The van der Waals surface area contributed by atoms with Crippen LogP contribution in [-0.2, 0) is 10.0 Å². The van der Waals surface area contributed by atoms with Crippen LogP contribution in [0, 0.1) is 0 Å². The minimum absolute atomic E-state index is 0.0459. The SMILES string of the molecule is Nc1ccc(-c2ccnc(Nc3ccc(S(N)(=O)=O)cc3)n2)cc1. The van der Waals surface area contributed by atoms with Crippen LogP contribution in [-0.4, -0.2) is 18.4 Å². The first-order valence-electron chi connectivity index (χ1n) is 7.01. The number of aromatic nitrogens is 2. The Morgan fingerprint density at radius 1 is 0.917 bits per heavy atom. The molecule has 0 radical (unpaired) electrons. The van der Waals surface area contributed by atoms with E-state index in [4.69, 9.17) is 10.9 Å². The maximum absolute atomic E-state index is 11.3. The summed E-state index contributed by atoms with van der Waals surface area (Å²) in [5.74, 6) is 0.396. The van der Waals surface area contributed by atoms with Gasteiger partial charge in [-0.25, -0.2) is 23.5 Å². The van der Waals surface area contributed by atoms with E-state index in [-0.39, 0.29) is 4.90 Å². The smallest absolute Gasteiger partial charge is 0.238 e. The Hall–Kier alpha value is -2.97. The molecular weight excluding hydrogens is 326 g/mol. The fraction of sp³-hybridized carbons (Fsp3) is 0. The number of primary sulfonamides is 1. The van der Waals surface area contributed by atoms with Crippen molar-refractivity contribution < 1.29 is 8.42 Å². The summed E-state index contributed by atoms with van der Waals surface area (Å²) in [6.07, 6.45) is 1.64. The van der Waals surface area contributed by atoms with Gasteiger partial charge in [0.05, 0.1) is 10.6 Å². The summed E-state index contributed by atoms with van der Waals surface area (Å²) in [5.41, 5.74) is 8.67. The minimum atomic E-state index is -3.71. The number of nitrogen functional groups attached to an aromatic ring is 1. The molecule has 7 nitrogen and oxygen atoms in total. The topological polar surface area (TPSA) is 124 Å². The lowest BCUT2D eigenvalue weighted by atomic mass is 10.1. The second kappa shape index (κ2) is 6.26. The van der Waals surface area contributed by atoms with E-state index in [2.05, 4.69) is 15.3 Å². The van der Waals surface area contributed by atoms with Crippen molar-refractivity contribution in [1.29, 1.82) is 0 Å². The van der Waals surface area contributed by atoms with Crippen molar-refractivity contribution in [3.63, 3.8) is 0 Å². The molecule has 0 aliphatic carbocycles. The maximum atomic E-state index is 11.3. The van der Waals surface area contributed by atoms with Gasteiger partial charge >= 0.3 is 0 Å². The lowest BCUT2D eigenvalue weighted by Gasteiger charge is -2.07. The Labute approximate surface area is 139 Å². The second-order valence-corrected chi connectivity index (χ2v) is 6.64. The van der Waals surface area contributed by atoms with Crippen LogP contribution in [0.4, 0.5) is 17.3 Å². The van der Waals surface area contributed by atoms with Crippen LogP contribution < -0.4 is 16.2 Å². The highest BCUT2D eigenvalue weighted by Crippen LogP contribution is 2.21. The Kier molecular flexibility index (Phi) is 4.15. The van der Waals surface area contributed by atoms with Crippen LogP contribution in [0.1, 0.15) is 0 Å². The molecule has 0 saturated heterocycles. The third kappa shape index (κ3) is 3.67. The predicted molar refractivity (Wildman–Crippen MR) is 93.0 cm³/mol. The van der Waals surface area contributed by atoms with Gasteiger partial charge in [0.15, 0.2) is 0 Å². The molecule has 0 atom stereocenters. The molecule has 122 valence electrons. The lowest BCUT2D eigenvalue weighted by molar-refractivity contribution is 0.598. The van der Waals surface area contributed by atoms with Crippen LogP contribution in [0.15, 0.2) is 65.7 Å². The van der Waals surface area contributed by atoms with Gasteiger partial charge in [0.2, 0.25) is 16.0 Å². The Morgan fingerprint density at radius 2 is 1.58 bits per heavy atom. The molecule has 5 N–H and O–H groups in total. The van der Waals surface area contributed by atoms with Gasteiger partial charge in [-0.05, 0) is 42.5 Å². The molecule has 0 spiro atoms. The van der Waals surface area contributed by atoms with Gasteiger partial charge in [0.1, 0.15) is 0 Å². The number of sulfonamides is 1. The fourth-order valence-corrected chi connectivity index (χ4v) is 2.61. The number of benzene rings is 2. The molecule has 0 saturated carbocycles. The highest BCUT2D eigenvalue weighted by molar-refractivity contribution is 7.89. The van der Waals surface area contributed by atoms with Gasteiger partial charge in [0.25, 0.3) is 0 Å². The Morgan fingerprint density at radius 3 is 2.21 bits per heavy atom. The average Bonchev–Trinajstić information content (AvgIpc) is 2.55. The zero-order valence-electron chi connectivity index (χ0n) is 12.5. The molecule has 8 heteroatoms. The predicted octanol–water partition coefficient (Wildman–Crippen LogP) is 2.12. The monoisotopic (exact) mass is 341 g/mol. The lowest BCUT2D eigenvalue weighted by Crippen LogP contribution is -2.11. The molecule has 2 aromatic carbocycles. The molecule has 0 bridgehead atoms. The van der Waals surface area contributed by atoms with Crippen molar-refractivity contribution in [2.24, 2.45) is 5.14 Å². The van der Waals surface area contributed by atoms with E-state index in [0.29, 0.717) is 17.3 Å². The van der Waals surface area contributed by atoms with Crippen molar-refractivity contribution >= 4 is 27.3 Å². The van der Waals surface area contributed by atoms with E-state index in [1.54, 1.807) is 36.5 Å². The minimum Gasteiger partial charge on any atom is -0.399 e. The van der Waals surface area contributed by atoms with Gasteiger partial charge in [-0.2, -0.15) is 0 Å². The van der Waals surface area contributed by atoms with E-state index in [0.717, 1.165) is 11.3 Å². The number of nitrogens with zero attached hydrogens (tertiary/aromatic N) is 2. The molecule has 0 fully saturated rings. The second-order valence-electron chi connectivity index (χ2n) is 5.08. The quantitative estimate of drug-likeness (QED) is 0.624. The summed E-state index contributed by atoms with van der Waals surface area (Å²) in [5, 5.41) is 8.09. The average molecular weight is 341 g/mol. The number of hydrogen-bond acceptors (Lipinski definition) is 6. The number of rotatable bonds is 4. The molecule has 1 heterocycles. The zero-order chi connectivity index (χ0) is 17.2. The summed E-state index contributed by atoms with van der Waals surface area (Å²) in [7, 11) is -3.71. The molecule has 0 amide bonds. The van der Waals surface area contributed by atoms with Gasteiger partial charge in [-0.1, -0.05) is 12.1 Å². The third-order valence-electron chi connectivity index (χ3n) is 3.30. The van der Waals surface area contributed by atoms with Gasteiger partial charge in [-0.15, -0.1) is 0 Å². The first kappa shape index (κ1) is 15.9. The highest BCUT2D eigenvalue weighted by Gasteiger charge is 2.07. The van der Waals surface area contributed by atoms with Crippen LogP contribution in [0.5, 0.6) is 0 Å². The summed E-state index contributed by atoms with van der Waals surface area (Å²) in [6.45, 7) is 0. The Balaban J connectivity index is 1.83. The number of hydrogen-bond donors (Lipinski definition) is 3. The van der Waals surface area contributed by atoms with Gasteiger partial charge in [0, 0.05) is 23.1 Å². The van der Waals surface area contributed by atoms with Crippen LogP contribution in [0.25, 0.3) is 11.3 Å². The molecule has 3 rings (SSSR count). The van der Waals surface area contributed by atoms with Gasteiger partial charge < -0.3 is 11.1 Å². The zero-order valence-corrected chi connectivity index (χ0v) is 13.4. The van der Waals surface area contributed by atoms with Crippen LogP contribution >= 0.6 is 0 Å². The summed E-state index contributed by atoms with van der Waals surface area (Å²) in [6, 6.07) is 15.2. The van der Waals surface area contributed by atoms with Gasteiger partial charge in [-0.3, -0.25) is 0 Å². The highest BCUT2D eigenvalue weighted by atomic mass is 32.2. The fourth-order valence-electron chi connectivity index (χ4n) is 2.09.